The number of rotatable bonds is 8. The maximum absolute atomic E-state index is 5.32. The summed E-state index contributed by atoms with van der Waals surface area (Å²) in [6, 6.07) is 0. The van der Waals surface area contributed by atoms with E-state index in [9.17, 15) is 0 Å². The Balaban J connectivity index is 2.90. The van der Waals surface area contributed by atoms with Crippen LogP contribution in [0.25, 0.3) is 0 Å². The minimum Gasteiger partial charge on any atom is -0.382 e. The van der Waals surface area contributed by atoms with E-state index < -0.39 is 0 Å². The van der Waals surface area contributed by atoms with Gasteiger partial charge in [-0.3, -0.25) is 0 Å². The quantitative estimate of drug-likeness (QED) is 0.478. The van der Waals surface area contributed by atoms with Crippen LogP contribution in [-0.2, 0) is 9.47 Å². The Morgan fingerprint density at radius 1 is 1.25 bits per heavy atom. The fourth-order valence-electron chi connectivity index (χ4n) is 0.855. The topological polar surface area (TPSA) is 18.5 Å². The van der Waals surface area contributed by atoms with Gasteiger partial charge in [-0.25, -0.2) is 0 Å². The fraction of sp³-hybridized carbons (Fsp3) is 1.00. The van der Waals surface area contributed by atoms with E-state index in [1.165, 1.54) is 12.8 Å². The van der Waals surface area contributed by atoms with Crippen LogP contribution in [0.1, 0.15) is 26.2 Å². The average molecular weight is 239 g/mol. The van der Waals surface area contributed by atoms with Gasteiger partial charge in [-0.15, -0.1) is 0 Å². The molecule has 12 heavy (non-hydrogen) atoms. The Hall–Kier alpha value is 0.400. The van der Waals surface area contributed by atoms with Crippen molar-refractivity contribution in [1.29, 1.82) is 0 Å². The summed E-state index contributed by atoms with van der Waals surface area (Å²) in [5, 5.41) is 0. The lowest BCUT2D eigenvalue weighted by atomic mass is 10.2. The van der Waals surface area contributed by atoms with Crippen molar-refractivity contribution in [3.05, 3.63) is 0 Å². The molecule has 0 aliphatic rings. The first kappa shape index (κ1) is 12.4. The minimum absolute atomic E-state index is 0.656. The largest absolute Gasteiger partial charge is 0.382 e. The lowest BCUT2D eigenvalue weighted by Crippen LogP contribution is -2.04. The van der Waals surface area contributed by atoms with Crippen molar-refractivity contribution in [2.75, 3.05) is 26.9 Å². The van der Waals surface area contributed by atoms with Crippen LogP contribution >= 0.6 is 15.9 Å². The summed E-state index contributed by atoms with van der Waals surface area (Å²) in [5.74, 6) is 0. The molecule has 0 aromatic heterocycles. The molecule has 0 aliphatic heterocycles. The van der Waals surface area contributed by atoms with Crippen molar-refractivity contribution in [1.82, 2.24) is 0 Å². The molecule has 0 saturated carbocycles. The van der Waals surface area contributed by atoms with Crippen LogP contribution < -0.4 is 0 Å². The summed E-state index contributed by atoms with van der Waals surface area (Å²) in [5.41, 5.74) is 0. The Bertz CT molecular complexity index is 88.6. The zero-order valence-electron chi connectivity index (χ0n) is 8.01. The molecule has 2 nitrogen and oxygen atoms in total. The summed E-state index contributed by atoms with van der Waals surface area (Å²) in [7, 11) is 1.69. The third-order valence-corrected chi connectivity index (χ3v) is 2.79. The normalized spacial score (nSPS) is 13.2. The predicted octanol–water partition coefficient (Wildman–Crippen LogP) is 2.60. The summed E-state index contributed by atoms with van der Waals surface area (Å²) in [6.07, 6.45) is 3.52. The van der Waals surface area contributed by atoms with Gasteiger partial charge in [0.25, 0.3) is 0 Å². The third kappa shape index (κ3) is 8.50. The van der Waals surface area contributed by atoms with Gasteiger partial charge in [0, 0.05) is 18.5 Å². The molecule has 1 unspecified atom stereocenters. The third-order valence-electron chi connectivity index (χ3n) is 1.68. The highest BCUT2D eigenvalue weighted by molar-refractivity contribution is 9.09. The number of hydrogen-bond donors (Lipinski definition) is 0. The number of halogens is 1. The molecule has 0 radical (unpaired) electrons. The first-order chi connectivity index (χ1) is 5.81. The van der Waals surface area contributed by atoms with Crippen molar-refractivity contribution in [2.45, 2.75) is 31.0 Å². The molecule has 0 aromatic rings. The van der Waals surface area contributed by atoms with Gasteiger partial charge < -0.3 is 9.47 Å². The summed E-state index contributed by atoms with van der Waals surface area (Å²) in [6.45, 7) is 4.46. The highest BCUT2D eigenvalue weighted by Gasteiger charge is 1.99. The molecule has 74 valence electrons. The molecule has 0 aromatic carbocycles. The molecular formula is C9H19BrO2. The number of ether oxygens (including phenoxy) is 2. The second kappa shape index (κ2) is 9.49. The van der Waals surface area contributed by atoms with Gasteiger partial charge in [0.15, 0.2) is 0 Å². The maximum atomic E-state index is 5.32. The molecule has 0 aliphatic carbocycles. The molecular weight excluding hydrogens is 220 g/mol. The van der Waals surface area contributed by atoms with Crippen LogP contribution in [0.4, 0.5) is 0 Å². The molecule has 3 heteroatoms. The summed E-state index contributed by atoms with van der Waals surface area (Å²) in [4.78, 5) is 0.656. The van der Waals surface area contributed by atoms with E-state index in [1.807, 2.05) is 0 Å². The zero-order valence-corrected chi connectivity index (χ0v) is 9.60. The van der Waals surface area contributed by atoms with E-state index in [0.29, 0.717) is 11.4 Å². The number of hydrogen-bond acceptors (Lipinski definition) is 2. The van der Waals surface area contributed by atoms with Gasteiger partial charge in [0.2, 0.25) is 0 Å². The van der Waals surface area contributed by atoms with Gasteiger partial charge >= 0.3 is 0 Å². The predicted molar refractivity (Wildman–Crippen MR) is 54.9 cm³/mol. The molecule has 0 saturated heterocycles. The Morgan fingerprint density at radius 3 is 2.58 bits per heavy atom. The van der Waals surface area contributed by atoms with Crippen LogP contribution in [0.5, 0.6) is 0 Å². The van der Waals surface area contributed by atoms with E-state index in [0.717, 1.165) is 19.6 Å². The van der Waals surface area contributed by atoms with Gasteiger partial charge in [-0.05, 0) is 19.3 Å². The second-order valence-corrected chi connectivity index (χ2v) is 4.05. The Labute approximate surface area is 83.8 Å². The maximum Gasteiger partial charge on any atom is 0.0700 e. The second-order valence-electron chi connectivity index (χ2n) is 2.75. The van der Waals surface area contributed by atoms with Crippen LogP contribution in [0, 0.1) is 0 Å². The molecule has 1 atom stereocenters. The average Bonchev–Trinajstić information content (AvgIpc) is 2.10. The molecule has 0 N–H and O–H groups in total. The lowest BCUT2D eigenvalue weighted by molar-refractivity contribution is 0.0688. The first-order valence-corrected chi connectivity index (χ1v) is 5.43. The molecule has 0 bridgehead atoms. The van der Waals surface area contributed by atoms with E-state index in [4.69, 9.17) is 9.47 Å². The number of methoxy groups -OCH3 is 1. The molecule has 0 spiro atoms. The number of alkyl halides is 1. The van der Waals surface area contributed by atoms with Crippen LogP contribution in [0.3, 0.4) is 0 Å². The van der Waals surface area contributed by atoms with Crippen molar-refractivity contribution < 1.29 is 9.47 Å². The van der Waals surface area contributed by atoms with Gasteiger partial charge in [0.05, 0.1) is 13.2 Å². The Kier molecular flexibility index (Phi) is 9.80. The van der Waals surface area contributed by atoms with Crippen molar-refractivity contribution in [3.63, 3.8) is 0 Å². The highest BCUT2D eigenvalue weighted by atomic mass is 79.9. The van der Waals surface area contributed by atoms with E-state index in [2.05, 4.69) is 22.9 Å². The Morgan fingerprint density at radius 2 is 2.00 bits per heavy atom. The molecule has 0 amide bonds. The van der Waals surface area contributed by atoms with Crippen molar-refractivity contribution in [2.24, 2.45) is 0 Å². The molecule has 0 rings (SSSR count). The van der Waals surface area contributed by atoms with E-state index >= 15 is 0 Å². The summed E-state index contributed by atoms with van der Waals surface area (Å²) < 4.78 is 10.2. The molecule has 0 heterocycles. The first-order valence-electron chi connectivity index (χ1n) is 4.52. The lowest BCUT2D eigenvalue weighted by Gasteiger charge is -2.06. The van der Waals surface area contributed by atoms with E-state index in [1.54, 1.807) is 7.11 Å². The van der Waals surface area contributed by atoms with Gasteiger partial charge in [-0.2, -0.15) is 0 Å². The van der Waals surface area contributed by atoms with Crippen molar-refractivity contribution >= 4 is 15.9 Å². The monoisotopic (exact) mass is 238 g/mol. The van der Waals surface area contributed by atoms with Crippen LogP contribution in [-0.4, -0.2) is 31.8 Å². The fourth-order valence-corrected chi connectivity index (χ4v) is 1.18. The SMILES string of the molecule is CCC(Br)CCCOCCOC. The zero-order chi connectivity index (χ0) is 9.23. The van der Waals surface area contributed by atoms with Gasteiger partial charge in [0.1, 0.15) is 0 Å². The van der Waals surface area contributed by atoms with E-state index in [-0.39, 0.29) is 0 Å². The van der Waals surface area contributed by atoms with Crippen molar-refractivity contribution in [3.8, 4) is 0 Å². The van der Waals surface area contributed by atoms with Crippen LogP contribution in [0.15, 0.2) is 0 Å². The highest BCUT2D eigenvalue weighted by Crippen LogP contribution is 2.11. The van der Waals surface area contributed by atoms with Gasteiger partial charge in [-0.1, -0.05) is 22.9 Å². The smallest absolute Gasteiger partial charge is 0.0700 e. The minimum atomic E-state index is 0.656. The molecule has 0 fully saturated rings. The van der Waals surface area contributed by atoms with Crippen LogP contribution in [0.2, 0.25) is 0 Å². The summed E-state index contributed by atoms with van der Waals surface area (Å²) >= 11 is 3.58. The standard InChI is InChI=1S/C9H19BrO2/c1-3-9(10)5-4-6-12-8-7-11-2/h9H,3-8H2,1-2H3.